The van der Waals surface area contributed by atoms with Gasteiger partial charge in [0.15, 0.2) is 0 Å². The van der Waals surface area contributed by atoms with Crippen molar-refractivity contribution in [3.8, 4) is 0 Å². The van der Waals surface area contributed by atoms with Crippen molar-refractivity contribution in [1.82, 2.24) is 4.90 Å². The summed E-state index contributed by atoms with van der Waals surface area (Å²) in [5, 5.41) is 0. The minimum Gasteiger partial charge on any atom is -0.336 e. The van der Waals surface area contributed by atoms with E-state index in [0.717, 1.165) is 24.9 Å². The van der Waals surface area contributed by atoms with Crippen molar-refractivity contribution in [2.24, 2.45) is 0 Å². The lowest BCUT2D eigenvalue weighted by Gasteiger charge is -2.23. The number of benzene rings is 1. The number of hydrogen-bond acceptors (Lipinski definition) is 1. The lowest BCUT2D eigenvalue weighted by Crippen LogP contribution is -2.27. The molecule has 0 aromatic heterocycles. The molecule has 0 saturated carbocycles. The Balaban J connectivity index is 2.22. The maximum absolute atomic E-state index is 12.7. The van der Waals surface area contributed by atoms with E-state index in [9.17, 15) is 9.18 Å². The van der Waals surface area contributed by atoms with Crippen LogP contribution >= 0.6 is 0 Å². The highest BCUT2D eigenvalue weighted by molar-refractivity contribution is 5.74. The van der Waals surface area contributed by atoms with Crippen LogP contribution in [0.4, 0.5) is 4.39 Å². The Hall–Kier alpha value is -1.38. The fourth-order valence-corrected chi connectivity index (χ4v) is 2.18. The highest BCUT2D eigenvalue weighted by atomic mass is 19.1. The van der Waals surface area contributed by atoms with Crippen molar-refractivity contribution < 1.29 is 9.18 Å². The molecule has 1 fully saturated rings. The van der Waals surface area contributed by atoms with Crippen LogP contribution in [0.25, 0.3) is 0 Å². The molecule has 1 amide bonds. The molecular formula is C12H14FNO. The summed E-state index contributed by atoms with van der Waals surface area (Å²) in [6.07, 6.45) is 2.01. The number of halogens is 1. The van der Waals surface area contributed by atoms with E-state index in [4.69, 9.17) is 0 Å². The van der Waals surface area contributed by atoms with Gasteiger partial charge in [0.05, 0.1) is 6.04 Å². The molecule has 2 rings (SSSR count). The minimum absolute atomic E-state index is 0.0989. The maximum Gasteiger partial charge on any atom is 0.219 e. The zero-order chi connectivity index (χ0) is 10.8. The summed E-state index contributed by atoms with van der Waals surface area (Å²) in [7, 11) is 0. The molecule has 1 saturated heterocycles. The van der Waals surface area contributed by atoms with Crippen molar-refractivity contribution in [3.05, 3.63) is 35.6 Å². The Labute approximate surface area is 88.7 Å². The van der Waals surface area contributed by atoms with E-state index in [1.165, 1.54) is 12.1 Å². The van der Waals surface area contributed by atoms with Crippen LogP contribution in [-0.2, 0) is 4.79 Å². The van der Waals surface area contributed by atoms with Crippen LogP contribution in [0.3, 0.4) is 0 Å². The van der Waals surface area contributed by atoms with Crippen LogP contribution < -0.4 is 0 Å². The third kappa shape index (κ3) is 2.01. The molecule has 0 N–H and O–H groups in total. The molecule has 1 aliphatic rings. The molecule has 1 aliphatic heterocycles. The van der Waals surface area contributed by atoms with Gasteiger partial charge in [-0.3, -0.25) is 4.79 Å². The Morgan fingerprint density at radius 2 is 2.07 bits per heavy atom. The molecule has 0 aliphatic carbocycles. The number of amides is 1. The van der Waals surface area contributed by atoms with Gasteiger partial charge in [-0.2, -0.15) is 0 Å². The summed E-state index contributed by atoms with van der Waals surface area (Å²) >= 11 is 0. The van der Waals surface area contributed by atoms with Gasteiger partial charge in [-0.25, -0.2) is 4.39 Å². The van der Waals surface area contributed by atoms with Gasteiger partial charge in [0.2, 0.25) is 5.91 Å². The van der Waals surface area contributed by atoms with E-state index < -0.39 is 0 Å². The molecule has 3 heteroatoms. The van der Waals surface area contributed by atoms with Gasteiger partial charge in [0, 0.05) is 13.5 Å². The van der Waals surface area contributed by atoms with Crippen LogP contribution in [-0.4, -0.2) is 17.4 Å². The smallest absolute Gasteiger partial charge is 0.219 e. The molecule has 1 aromatic rings. The second-order valence-corrected chi connectivity index (χ2v) is 3.92. The average molecular weight is 207 g/mol. The molecule has 15 heavy (non-hydrogen) atoms. The standard InChI is InChI=1S/C12H14FNO/c1-9(15)14-8-2-3-12(14)10-4-6-11(13)7-5-10/h4-7,12H,2-3,8H2,1H3/t12-/m1/s1. The molecule has 0 unspecified atom stereocenters. The fraction of sp³-hybridized carbons (Fsp3) is 0.417. The summed E-state index contributed by atoms with van der Waals surface area (Å²) in [6.45, 7) is 2.40. The number of nitrogens with zero attached hydrogens (tertiary/aromatic N) is 1. The number of hydrogen-bond donors (Lipinski definition) is 0. The first-order chi connectivity index (χ1) is 7.18. The van der Waals surface area contributed by atoms with Crippen LogP contribution in [0.1, 0.15) is 31.4 Å². The molecular weight excluding hydrogens is 193 g/mol. The molecule has 0 spiro atoms. The Bertz CT molecular complexity index is 360. The van der Waals surface area contributed by atoms with Crippen molar-refractivity contribution in [2.45, 2.75) is 25.8 Å². The lowest BCUT2D eigenvalue weighted by molar-refractivity contribution is -0.129. The van der Waals surface area contributed by atoms with Crippen LogP contribution in [0.2, 0.25) is 0 Å². The van der Waals surface area contributed by atoms with Crippen molar-refractivity contribution in [1.29, 1.82) is 0 Å². The summed E-state index contributed by atoms with van der Waals surface area (Å²) in [4.78, 5) is 13.2. The molecule has 1 aromatic carbocycles. The van der Waals surface area contributed by atoms with Gasteiger partial charge >= 0.3 is 0 Å². The van der Waals surface area contributed by atoms with Crippen LogP contribution in [0.15, 0.2) is 24.3 Å². The normalized spacial score (nSPS) is 20.7. The highest BCUT2D eigenvalue weighted by Gasteiger charge is 2.27. The SMILES string of the molecule is CC(=O)N1CCC[C@@H]1c1ccc(F)cc1. The first kappa shape index (κ1) is 10.1. The predicted molar refractivity (Wildman–Crippen MR) is 55.8 cm³/mol. The van der Waals surface area contributed by atoms with Crippen molar-refractivity contribution >= 4 is 5.91 Å². The first-order valence-corrected chi connectivity index (χ1v) is 5.21. The largest absolute Gasteiger partial charge is 0.336 e. The van der Waals surface area contributed by atoms with Gasteiger partial charge in [0.25, 0.3) is 0 Å². The first-order valence-electron chi connectivity index (χ1n) is 5.21. The van der Waals surface area contributed by atoms with Gasteiger partial charge in [0.1, 0.15) is 5.82 Å². The highest BCUT2D eigenvalue weighted by Crippen LogP contribution is 2.31. The molecule has 0 radical (unpaired) electrons. The number of carbonyl (C=O) groups is 1. The summed E-state index contributed by atoms with van der Waals surface area (Å²) in [5.41, 5.74) is 1.03. The molecule has 2 nitrogen and oxygen atoms in total. The summed E-state index contributed by atoms with van der Waals surface area (Å²) in [6, 6.07) is 6.57. The topological polar surface area (TPSA) is 20.3 Å². The Kier molecular flexibility index (Phi) is 2.71. The van der Waals surface area contributed by atoms with E-state index in [0.29, 0.717) is 0 Å². The zero-order valence-electron chi connectivity index (χ0n) is 8.74. The van der Waals surface area contributed by atoms with E-state index in [2.05, 4.69) is 0 Å². The quantitative estimate of drug-likeness (QED) is 0.693. The van der Waals surface area contributed by atoms with Gasteiger partial charge < -0.3 is 4.90 Å². The third-order valence-corrected chi connectivity index (χ3v) is 2.91. The van der Waals surface area contributed by atoms with Crippen molar-refractivity contribution in [3.63, 3.8) is 0 Å². The summed E-state index contributed by atoms with van der Waals surface area (Å²) in [5.74, 6) is -0.132. The Morgan fingerprint density at radius 3 is 2.67 bits per heavy atom. The number of rotatable bonds is 1. The van der Waals surface area contributed by atoms with Gasteiger partial charge in [-0.1, -0.05) is 12.1 Å². The molecule has 80 valence electrons. The van der Waals surface area contributed by atoms with E-state index in [-0.39, 0.29) is 17.8 Å². The Morgan fingerprint density at radius 1 is 1.40 bits per heavy atom. The van der Waals surface area contributed by atoms with E-state index >= 15 is 0 Å². The monoisotopic (exact) mass is 207 g/mol. The fourth-order valence-electron chi connectivity index (χ4n) is 2.18. The average Bonchev–Trinajstić information content (AvgIpc) is 2.67. The van der Waals surface area contributed by atoms with Crippen LogP contribution in [0, 0.1) is 5.82 Å². The lowest BCUT2D eigenvalue weighted by atomic mass is 10.0. The predicted octanol–water partition coefficient (Wildman–Crippen LogP) is 2.51. The molecule has 1 heterocycles. The van der Waals surface area contributed by atoms with Gasteiger partial charge in [-0.05, 0) is 30.5 Å². The van der Waals surface area contributed by atoms with E-state index in [1.54, 1.807) is 19.1 Å². The molecule has 1 atom stereocenters. The molecule has 0 bridgehead atoms. The minimum atomic E-state index is -0.230. The third-order valence-electron chi connectivity index (χ3n) is 2.91. The second kappa shape index (κ2) is 4.01. The van der Waals surface area contributed by atoms with Crippen LogP contribution in [0.5, 0.6) is 0 Å². The second-order valence-electron chi connectivity index (χ2n) is 3.92. The van der Waals surface area contributed by atoms with Gasteiger partial charge in [-0.15, -0.1) is 0 Å². The maximum atomic E-state index is 12.7. The van der Waals surface area contributed by atoms with Crippen molar-refractivity contribution in [2.75, 3.05) is 6.54 Å². The zero-order valence-corrected chi connectivity index (χ0v) is 8.74. The number of carbonyl (C=O) groups excluding carboxylic acids is 1. The van der Waals surface area contributed by atoms with E-state index in [1.807, 2.05) is 4.90 Å². The number of likely N-dealkylation sites (tertiary alicyclic amines) is 1. The summed E-state index contributed by atoms with van der Waals surface area (Å²) < 4.78 is 12.7.